The third-order valence-corrected chi connectivity index (χ3v) is 3.31. The maximum atomic E-state index is 5.58. The molecule has 1 heterocycles. The average molecular weight is 289 g/mol. The van der Waals surface area contributed by atoms with Crippen LogP contribution in [0.15, 0.2) is 28.8 Å². The van der Waals surface area contributed by atoms with E-state index in [2.05, 4.69) is 41.4 Å². The molecule has 0 spiro atoms. The summed E-state index contributed by atoms with van der Waals surface area (Å²) in [6, 6.07) is 8.20. The SMILES string of the molecule is CCOC(CC)c1noc(CCNc2ccccc2C)n1. The summed E-state index contributed by atoms with van der Waals surface area (Å²) in [4.78, 5) is 4.41. The first-order valence-electron chi connectivity index (χ1n) is 7.48. The molecule has 1 aromatic carbocycles. The van der Waals surface area contributed by atoms with Crippen molar-refractivity contribution in [2.24, 2.45) is 0 Å². The summed E-state index contributed by atoms with van der Waals surface area (Å²) >= 11 is 0. The van der Waals surface area contributed by atoms with Crippen LogP contribution in [-0.4, -0.2) is 23.3 Å². The summed E-state index contributed by atoms with van der Waals surface area (Å²) in [7, 11) is 0. The Balaban J connectivity index is 1.87. The zero-order valence-electron chi connectivity index (χ0n) is 12.9. The molecule has 5 nitrogen and oxygen atoms in total. The lowest BCUT2D eigenvalue weighted by molar-refractivity contribution is 0.0518. The van der Waals surface area contributed by atoms with Crippen molar-refractivity contribution in [3.8, 4) is 0 Å². The van der Waals surface area contributed by atoms with E-state index in [0.717, 1.165) is 18.7 Å². The predicted molar refractivity (Wildman–Crippen MR) is 82.3 cm³/mol. The van der Waals surface area contributed by atoms with E-state index in [9.17, 15) is 0 Å². The Bertz CT molecular complexity index is 554. The predicted octanol–water partition coefficient (Wildman–Crippen LogP) is 3.52. The number of anilines is 1. The van der Waals surface area contributed by atoms with Crippen molar-refractivity contribution in [2.45, 2.75) is 39.7 Å². The van der Waals surface area contributed by atoms with Gasteiger partial charge in [-0.05, 0) is 31.9 Å². The van der Waals surface area contributed by atoms with Crippen LogP contribution in [-0.2, 0) is 11.2 Å². The van der Waals surface area contributed by atoms with E-state index < -0.39 is 0 Å². The van der Waals surface area contributed by atoms with Gasteiger partial charge >= 0.3 is 0 Å². The fourth-order valence-corrected chi connectivity index (χ4v) is 2.15. The normalized spacial score (nSPS) is 12.3. The molecule has 0 aliphatic carbocycles. The quantitative estimate of drug-likeness (QED) is 0.805. The van der Waals surface area contributed by atoms with Gasteiger partial charge in [0, 0.05) is 25.3 Å². The minimum Gasteiger partial charge on any atom is -0.384 e. The molecule has 0 amide bonds. The maximum Gasteiger partial charge on any atom is 0.228 e. The van der Waals surface area contributed by atoms with E-state index in [4.69, 9.17) is 9.26 Å². The Kier molecular flexibility index (Phi) is 5.75. The summed E-state index contributed by atoms with van der Waals surface area (Å²) < 4.78 is 10.9. The molecule has 0 saturated heterocycles. The van der Waals surface area contributed by atoms with Crippen LogP contribution < -0.4 is 5.32 Å². The highest BCUT2D eigenvalue weighted by Crippen LogP contribution is 2.18. The lowest BCUT2D eigenvalue weighted by atomic mass is 10.2. The van der Waals surface area contributed by atoms with Crippen molar-refractivity contribution >= 4 is 5.69 Å². The first-order chi connectivity index (χ1) is 10.2. The van der Waals surface area contributed by atoms with Crippen molar-refractivity contribution in [3.63, 3.8) is 0 Å². The van der Waals surface area contributed by atoms with Crippen LogP contribution in [0.25, 0.3) is 0 Å². The summed E-state index contributed by atoms with van der Waals surface area (Å²) in [5.74, 6) is 1.29. The molecule has 5 heteroatoms. The number of benzene rings is 1. The van der Waals surface area contributed by atoms with Gasteiger partial charge in [-0.15, -0.1) is 0 Å². The van der Waals surface area contributed by atoms with Gasteiger partial charge in [-0.25, -0.2) is 0 Å². The Hall–Kier alpha value is -1.88. The molecule has 0 bridgehead atoms. The summed E-state index contributed by atoms with van der Waals surface area (Å²) in [6.07, 6.45) is 1.47. The molecule has 0 aliphatic rings. The number of para-hydroxylation sites is 1. The van der Waals surface area contributed by atoms with Crippen molar-refractivity contribution in [1.82, 2.24) is 10.1 Å². The molecule has 2 aromatic rings. The Morgan fingerprint density at radius 3 is 2.81 bits per heavy atom. The van der Waals surface area contributed by atoms with Crippen LogP contribution in [0.4, 0.5) is 5.69 Å². The minimum absolute atomic E-state index is 0.0724. The second kappa shape index (κ2) is 7.78. The largest absolute Gasteiger partial charge is 0.384 e. The van der Waals surface area contributed by atoms with Crippen LogP contribution in [0.2, 0.25) is 0 Å². The standard InChI is InChI=1S/C16H23N3O2/c1-4-14(20-5-2)16-18-15(21-19-16)10-11-17-13-9-7-6-8-12(13)3/h6-9,14,17H,4-5,10-11H2,1-3H3. The van der Waals surface area contributed by atoms with E-state index in [1.165, 1.54) is 5.56 Å². The minimum atomic E-state index is -0.0724. The molecule has 21 heavy (non-hydrogen) atoms. The van der Waals surface area contributed by atoms with E-state index >= 15 is 0 Å². The van der Waals surface area contributed by atoms with E-state index in [0.29, 0.717) is 24.7 Å². The average Bonchev–Trinajstić information content (AvgIpc) is 2.95. The second-order valence-corrected chi connectivity index (χ2v) is 4.89. The van der Waals surface area contributed by atoms with Gasteiger partial charge in [0.15, 0.2) is 0 Å². The summed E-state index contributed by atoms with van der Waals surface area (Å²) in [6.45, 7) is 7.52. The Morgan fingerprint density at radius 1 is 1.29 bits per heavy atom. The summed E-state index contributed by atoms with van der Waals surface area (Å²) in [5.41, 5.74) is 2.36. The molecular weight excluding hydrogens is 266 g/mol. The van der Waals surface area contributed by atoms with Crippen molar-refractivity contribution in [1.29, 1.82) is 0 Å². The zero-order chi connectivity index (χ0) is 15.1. The molecule has 0 aliphatic heterocycles. The lowest BCUT2D eigenvalue weighted by Gasteiger charge is -2.09. The molecule has 114 valence electrons. The van der Waals surface area contributed by atoms with Crippen molar-refractivity contribution in [3.05, 3.63) is 41.5 Å². The smallest absolute Gasteiger partial charge is 0.228 e. The van der Waals surface area contributed by atoms with Crippen LogP contribution >= 0.6 is 0 Å². The van der Waals surface area contributed by atoms with Crippen LogP contribution in [0.3, 0.4) is 0 Å². The van der Waals surface area contributed by atoms with Gasteiger partial charge in [-0.3, -0.25) is 0 Å². The van der Waals surface area contributed by atoms with Gasteiger partial charge in [-0.2, -0.15) is 4.98 Å². The molecule has 1 unspecified atom stereocenters. The highest BCUT2D eigenvalue weighted by Gasteiger charge is 2.16. The summed E-state index contributed by atoms with van der Waals surface area (Å²) in [5, 5.41) is 7.39. The van der Waals surface area contributed by atoms with Gasteiger partial charge in [0.05, 0.1) is 0 Å². The monoisotopic (exact) mass is 289 g/mol. The van der Waals surface area contributed by atoms with Crippen LogP contribution in [0.1, 0.15) is 43.7 Å². The first-order valence-corrected chi connectivity index (χ1v) is 7.48. The highest BCUT2D eigenvalue weighted by molar-refractivity contribution is 5.50. The molecule has 1 atom stereocenters. The van der Waals surface area contributed by atoms with E-state index in [1.54, 1.807) is 0 Å². The number of ether oxygens (including phenoxy) is 1. The first kappa shape index (κ1) is 15.5. The van der Waals surface area contributed by atoms with Crippen molar-refractivity contribution in [2.75, 3.05) is 18.5 Å². The number of aryl methyl sites for hydroxylation is 1. The molecule has 0 saturated carbocycles. The third-order valence-electron chi connectivity index (χ3n) is 3.31. The second-order valence-electron chi connectivity index (χ2n) is 4.89. The van der Waals surface area contributed by atoms with Gasteiger partial charge in [0.25, 0.3) is 0 Å². The Morgan fingerprint density at radius 2 is 2.10 bits per heavy atom. The number of hydrogen-bond donors (Lipinski definition) is 1. The molecule has 1 N–H and O–H groups in total. The van der Waals surface area contributed by atoms with Crippen molar-refractivity contribution < 1.29 is 9.26 Å². The molecular formula is C16H23N3O2. The molecule has 0 radical (unpaired) electrons. The maximum absolute atomic E-state index is 5.58. The van der Waals surface area contributed by atoms with Gasteiger partial charge < -0.3 is 14.6 Å². The van der Waals surface area contributed by atoms with E-state index in [-0.39, 0.29) is 6.10 Å². The highest BCUT2D eigenvalue weighted by atomic mass is 16.5. The van der Waals surface area contributed by atoms with Gasteiger partial charge in [0.1, 0.15) is 6.10 Å². The third kappa shape index (κ3) is 4.29. The number of rotatable bonds is 8. The number of nitrogens with zero attached hydrogens (tertiary/aromatic N) is 2. The van der Waals surface area contributed by atoms with Gasteiger partial charge in [-0.1, -0.05) is 30.3 Å². The number of aromatic nitrogens is 2. The number of nitrogens with one attached hydrogen (secondary N) is 1. The lowest BCUT2D eigenvalue weighted by Crippen LogP contribution is -2.07. The fourth-order valence-electron chi connectivity index (χ4n) is 2.15. The molecule has 2 rings (SSSR count). The van der Waals surface area contributed by atoms with Crippen LogP contribution in [0.5, 0.6) is 0 Å². The Labute approximate surface area is 125 Å². The number of hydrogen-bond acceptors (Lipinski definition) is 5. The molecule has 1 aromatic heterocycles. The fraction of sp³-hybridized carbons (Fsp3) is 0.500. The molecule has 0 fully saturated rings. The topological polar surface area (TPSA) is 60.2 Å². The van der Waals surface area contributed by atoms with E-state index in [1.807, 2.05) is 19.1 Å². The van der Waals surface area contributed by atoms with Gasteiger partial charge in [0.2, 0.25) is 11.7 Å². The van der Waals surface area contributed by atoms with Crippen LogP contribution in [0, 0.1) is 6.92 Å². The zero-order valence-corrected chi connectivity index (χ0v) is 12.9.